The van der Waals surface area contributed by atoms with Gasteiger partial charge in [0.25, 0.3) is 11.5 Å². The highest BCUT2D eigenvalue weighted by molar-refractivity contribution is 7.20. The average Bonchev–Trinajstić information content (AvgIpc) is 2.99. The summed E-state index contributed by atoms with van der Waals surface area (Å²) in [5.74, 6) is 0.805. The van der Waals surface area contributed by atoms with E-state index in [2.05, 4.69) is 10.3 Å². The summed E-state index contributed by atoms with van der Waals surface area (Å²) in [6.07, 6.45) is 1.51. The molecule has 1 N–H and O–H groups in total. The summed E-state index contributed by atoms with van der Waals surface area (Å²) in [7, 11) is 3.08. The van der Waals surface area contributed by atoms with Gasteiger partial charge < -0.3 is 14.8 Å². The Morgan fingerprint density at radius 1 is 1.27 bits per heavy atom. The maximum Gasteiger partial charge on any atom is 0.266 e. The zero-order valence-electron chi connectivity index (χ0n) is 15.0. The third-order valence-corrected chi connectivity index (χ3v) is 5.30. The number of benzene rings is 1. The Labute approximate surface area is 154 Å². The molecule has 136 valence electrons. The molecule has 0 unspecified atom stereocenters. The summed E-state index contributed by atoms with van der Waals surface area (Å²) in [5.41, 5.74) is 1.09. The van der Waals surface area contributed by atoms with Gasteiger partial charge in [0.15, 0.2) is 11.5 Å². The second-order valence-corrected chi connectivity index (χ2v) is 6.60. The number of hydrogen-bond acceptors (Lipinski definition) is 6. The molecule has 1 aromatic carbocycles. The number of anilines is 1. The van der Waals surface area contributed by atoms with Crippen LogP contribution in [0.15, 0.2) is 29.3 Å². The van der Waals surface area contributed by atoms with E-state index < -0.39 is 0 Å². The van der Waals surface area contributed by atoms with Crippen LogP contribution in [0.4, 0.5) is 5.69 Å². The summed E-state index contributed by atoms with van der Waals surface area (Å²) < 4.78 is 12.0. The second kappa shape index (κ2) is 7.17. The molecule has 0 bridgehead atoms. The molecule has 1 amide bonds. The molecule has 2 aromatic heterocycles. The zero-order chi connectivity index (χ0) is 18.8. The Kier molecular flexibility index (Phi) is 4.94. The number of hydrogen-bond donors (Lipinski definition) is 1. The Balaban J connectivity index is 1.97. The summed E-state index contributed by atoms with van der Waals surface area (Å²) >= 11 is 1.21. The highest BCUT2D eigenvalue weighted by atomic mass is 32.1. The maximum absolute atomic E-state index is 12.7. The number of rotatable bonds is 5. The average molecular weight is 373 g/mol. The van der Waals surface area contributed by atoms with Gasteiger partial charge in [0.2, 0.25) is 0 Å². The molecule has 0 fully saturated rings. The van der Waals surface area contributed by atoms with Crippen molar-refractivity contribution in [3.63, 3.8) is 0 Å². The number of nitrogens with one attached hydrogen (secondary N) is 1. The summed E-state index contributed by atoms with van der Waals surface area (Å²) in [6, 6.07) is 5.12. The van der Waals surface area contributed by atoms with E-state index in [0.717, 1.165) is 0 Å². The van der Waals surface area contributed by atoms with E-state index in [0.29, 0.717) is 44.4 Å². The van der Waals surface area contributed by atoms with Crippen LogP contribution in [-0.2, 0) is 6.54 Å². The van der Waals surface area contributed by atoms with Crippen molar-refractivity contribution in [2.75, 3.05) is 19.5 Å². The standard InChI is InChI=1S/C18H19N3O4S/c1-5-21-9-19-17-14(18(21)23)10(2)15(26-17)16(22)20-11-6-7-12(24-3)13(8-11)25-4/h6-9H,5H2,1-4H3,(H,20,22). The van der Waals surface area contributed by atoms with E-state index in [1.807, 2.05) is 6.92 Å². The molecule has 0 saturated heterocycles. The lowest BCUT2D eigenvalue weighted by Gasteiger charge is -2.10. The van der Waals surface area contributed by atoms with Crippen molar-refractivity contribution >= 4 is 33.1 Å². The lowest BCUT2D eigenvalue weighted by Crippen LogP contribution is -2.19. The molecule has 0 aliphatic heterocycles. The number of carbonyl (C=O) groups is 1. The van der Waals surface area contributed by atoms with Crippen LogP contribution in [-0.4, -0.2) is 29.7 Å². The van der Waals surface area contributed by atoms with E-state index in [9.17, 15) is 9.59 Å². The largest absolute Gasteiger partial charge is 0.493 e. The number of amides is 1. The van der Waals surface area contributed by atoms with E-state index in [1.165, 1.54) is 29.3 Å². The van der Waals surface area contributed by atoms with Gasteiger partial charge in [-0.15, -0.1) is 11.3 Å². The third kappa shape index (κ3) is 3.03. The van der Waals surface area contributed by atoms with Crippen molar-refractivity contribution < 1.29 is 14.3 Å². The van der Waals surface area contributed by atoms with Crippen molar-refractivity contribution in [1.29, 1.82) is 0 Å². The molecule has 0 saturated carbocycles. The highest BCUT2D eigenvalue weighted by Crippen LogP contribution is 2.31. The van der Waals surface area contributed by atoms with Crippen LogP contribution < -0.4 is 20.3 Å². The highest BCUT2D eigenvalue weighted by Gasteiger charge is 2.19. The molecule has 3 rings (SSSR count). The van der Waals surface area contributed by atoms with Gasteiger partial charge in [-0.3, -0.25) is 14.2 Å². The van der Waals surface area contributed by atoms with Gasteiger partial charge in [0.05, 0.1) is 30.8 Å². The van der Waals surface area contributed by atoms with Gasteiger partial charge >= 0.3 is 0 Å². The van der Waals surface area contributed by atoms with Gasteiger partial charge in [0, 0.05) is 18.3 Å². The molecular formula is C18H19N3O4S. The fourth-order valence-electron chi connectivity index (χ4n) is 2.70. The minimum Gasteiger partial charge on any atom is -0.493 e. The molecule has 26 heavy (non-hydrogen) atoms. The van der Waals surface area contributed by atoms with Crippen molar-refractivity contribution in [3.8, 4) is 11.5 Å². The summed E-state index contributed by atoms with van der Waals surface area (Å²) in [5, 5.41) is 3.33. The monoisotopic (exact) mass is 373 g/mol. The number of thiophene rings is 1. The van der Waals surface area contributed by atoms with Gasteiger partial charge in [-0.25, -0.2) is 4.98 Å². The number of methoxy groups -OCH3 is 2. The van der Waals surface area contributed by atoms with Crippen LogP contribution >= 0.6 is 11.3 Å². The van der Waals surface area contributed by atoms with E-state index in [4.69, 9.17) is 9.47 Å². The van der Waals surface area contributed by atoms with E-state index in [-0.39, 0.29) is 11.5 Å². The van der Waals surface area contributed by atoms with Crippen molar-refractivity contribution in [2.45, 2.75) is 20.4 Å². The predicted octanol–water partition coefficient (Wildman–Crippen LogP) is 3.06. The lowest BCUT2D eigenvalue weighted by atomic mass is 10.2. The van der Waals surface area contributed by atoms with Crippen LogP contribution in [0.25, 0.3) is 10.2 Å². The number of aromatic nitrogens is 2. The number of aryl methyl sites for hydroxylation is 2. The molecule has 2 heterocycles. The number of nitrogens with zero attached hydrogens (tertiary/aromatic N) is 2. The molecule has 8 heteroatoms. The van der Waals surface area contributed by atoms with Crippen LogP contribution in [0.2, 0.25) is 0 Å². The zero-order valence-corrected chi connectivity index (χ0v) is 15.8. The van der Waals surface area contributed by atoms with E-state index in [1.54, 1.807) is 32.2 Å². The van der Waals surface area contributed by atoms with Crippen LogP contribution in [0.5, 0.6) is 11.5 Å². The maximum atomic E-state index is 12.7. The van der Waals surface area contributed by atoms with Crippen molar-refractivity contribution in [1.82, 2.24) is 9.55 Å². The van der Waals surface area contributed by atoms with Gasteiger partial charge in [-0.1, -0.05) is 0 Å². The number of ether oxygens (including phenoxy) is 2. The molecule has 0 spiro atoms. The Morgan fingerprint density at radius 3 is 2.65 bits per heavy atom. The second-order valence-electron chi connectivity index (χ2n) is 5.60. The molecule has 3 aromatic rings. The normalized spacial score (nSPS) is 10.8. The first-order valence-corrected chi connectivity index (χ1v) is 8.83. The summed E-state index contributed by atoms with van der Waals surface area (Å²) in [4.78, 5) is 30.5. The number of carbonyl (C=O) groups excluding carboxylic acids is 1. The molecule has 7 nitrogen and oxygen atoms in total. The molecule has 0 aliphatic rings. The van der Waals surface area contributed by atoms with Crippen molar-refractivity contribution in [2.24, 2.45) is 0 Å². The Morgan fingerprint density at radius 2 is 2.00 bits per heavy atom. The first-order valence-electron chi connectivity index (χ1n) is 8.02. The fourth-order valence-corrected chi connectivity index (χ4v) is 3.74. The van der Waals surface area contributed by atoms with E-state index >= 15 is 0 Å². The minimum absolute atomic E-state index is 0.128. The fraction of sp³-hybridized carbons (Fsp3) is 0.278. The Bertz CT molecular complexity index is 1040. The predicted molar refractivity (Wildman–Crippen MR) is 102 cm³/mol. The molecule has 0 atom stereocenters. The molecule has 0 radical (unpaired) electrons. The lowest BCUT2D eigenvalue weighted by molar-refractivity contribution is 0.103. The van der Waals surface area contributed by atoms with Gasteiger partial charge in [-0.2, -0.15) is 0 Å². The third-order valence-electron chi connectivity index (χ3n) is 4.11. The molecule has 0 aliphatic carbocycles. The minimum atomic E-state index is -0.292. The van der Waals surface area contributed by atoms with Crippen molar-refractivity contribution in [3.05, 3.63) is 45.3 Å². The summed E-state index contributed by atoms with van der Waals surface area (Å²) in [6.45, 7) is 4.18. The van der Waals surface area contributed by atoms with Gasteiger partial charge in [-0.05, 0) is 31.5 Å². The number of fused-ring (bicyclic) bond motifs is 1. The first kappa shape index (κ1) is 17.9. The SMILES string of the molecule is CCn1cnc2sc(C(=O)Nc3ccc(OC)c(OC)c3)c(C)c2c1=O. The quantitative estimate of drug-likeness (QED) is 0.743. The first-order chi connectivity index (χ1) is 12.5. The van der Waals surface area contributed by atoms with Gasteiger partial charge in [0.1, 0.15) is 4.83 Å². The van der Waals surface area contributed by atoms with Crippen LogP contribution in [0, 0.1) is 6.92 Å². The smallest absolute Gasteiger partial charge is 0.266 e. The topological polar surface area (TPSA) is 82.5 Å². The van der Waals surface area contributed by atoms with Crippen LogP contribution in [0.3, 0.4) is 0 Å². The molecular weight excluding hydrogens is 354 g/mol. The Hall–Kier alpha value is -2.87. The van der Waals surface area contributed by atoms with Crippen LogP contribution in [0.1, 0.15) is 22.2 Å².